The first-order chi connectivity index (χ1) is 8.53. The van der Waals surface area contributed by atoms with Crippen molar-refractivity contribution in [3.05, 3.63) is 0 Å². The highest BCUT2D eigenvalue weighted by molar-refractivity contribution is 7.91. The van der Waals surface area contributed by atoms with Crippen LogP contribution in [0.3, 0.4) is 0 Å². The lowest BCUT2D eigenvalue weighted by molar-refractivity contribution is -0.121. The van der Waals surface area contributed by atoms with E-state index in [0.29, 0.717) is 39.0 Å². The topological polar surface area (TPSA) is 84.5 Å². The van der Waals surface area contributed by atoms with Crippen molar-refractivity contribution in [1.82, 2.24) is 10.6 Å². The first kappa shape index (κ1) is 15.4. The third-order valence-electron chi connectivity index (χ3n) is 2.97. The van der Waals surface area contributed by atoms with E-state index in [2.05, 4.69) is 10.6 Å². The largest absolute Gasteiger partial charge is 0.383 e. The lowest BCUT2D eigenvalue weighted by Gasteiger charge is -2.22. The highest BCUT2D eigenvalue weighted by Gasteiger charge is 2.22. The van der Waals surface area contributed by atoms with Crippen molar-refractivity contribution in [3.8, 4) is 0 Å². The lowest BCUT2D eigenvalue weighted by Crippen LogP contribution is -2.39. The summed E-state index contributed by atoms with van der Waals surface area (Å²) in [6, 6.07) is 0.223. The van der Waals surface area contributed by atoms with Crippen molar-refractivity contribution in [2.24, 2.45) is 0 Å². The first-order valence-electron chi connectivity index (χ1n) is 6.23. The van der Waals surface area contributed by atoms with Gasteiger partial charge in [-0.05, 0) is 12.8 Å². The summed E-state index contributed by atoms with van der Waals surface area (Å²) >= 11 is 0. The van der Waals surface area contributed by atoms with Gasteiger partial charge in [-0.25, -0.2) is 8.42 Å². The van der Waals surface area contributed by atoms with Gasteiger partial charge in [0.1, 0.15) is 9.84 Å². The Morgan fingerprint density at radius 1 is 1.28 bits per heavy atom. The molecule has 6 nitrogen and oxygen atoms in total. The van der Waals surface area contributed by atoms with E-state index in [1.54, 1.807) is 7.11 Å². The molecule has 18 heavy (non-hydrogen) atoms. The molecule has 1 fully saturated rings. The molecule has 106 valence electrons. The van der Waals surface area contributed by atoms with Crippen LogP contribution in [0, 0.1) is 0 Å². The molecule has 0 radical (unpaired) electrons. The summed E-state index contributed by atoms with van der Waals surface area (Å²) in [5.74, 6) is 0.498. The van der Waals surface area contributed by atoms with Gasteiger partial charge in [-0.3, -0.25) is 4.79 Å². The van der Waals surface area contributed by atoms with Gasteiger partial charge in [0.2, 0.25) is 5.91 Å². The third-order valence-corrected chi connectivity index (χ3v) is 4.68. The van der Waals surface area contributed by atoms with Gasteiger partial charge in [-0.1, -0.05) is 0 Å². The number of hydrogen-bond acceptors (Lipinski definition) is 5. The fourth-order valence-electron chi connectivity index (χ4n) is 1.86. The predicted octanol–water partition coefficient (Wildman–Crippen LogP) is -0.694. The van der Waals surface area contributed by atoms with Gasteiger partial charge < -0.3 is 15.4 Å². The Labute approximate surface area is 108 Å². The molecule has 0 aromatic carbocycles. The standard InChI is InChI=1S/C11H22N2O4S/c1-17-7-6-13-11(14)2-5-12-10-3-8-18(15,16)9-4-10/h10,12H,2-9H2,1H3,(H,13,14). The molecule has 1 heterocycles. The molecule has 1 rings (SSSR count). The maximum atomic E-state index is 11.4. The summed E-state index contributed by atoms with van der Waals surface area (Å²) in [7, 11) is -1.22. The molecule has 0 unspecified atom stereocenters. The van der Waals surface area contributed by atoms with E-state index < -0.39 is 9.84 Å². The van der Waals surface area contributed by atoms with Crippen molar-refractivity contribution < 1.29 is 17.9 Å². The maximum Gasteiger partial charge on any atom is 0.221 e. The second-order valence-corrected chi connectivity index (χ2v) is 6.78. The van der Waals surface area contributed by atoms with Crippen LogP contribution in [0.1, 0.15) is 19.3 Å². The van der Waals surface area contributed by atoms with Crippen molar-refractivity contribution >= 4 is 15.7 Å². The fraction of sp³-hybridized carbons (Fsp3) is 0.909. The average molecular weight is 278 g/mol. The van der Waals surface area contributed by atoms with E-state index in [1.165, 1.54) is 0 Å². The smallest absolute Gasteiger partial charge is 0.221 e. The van der Waals surface area contributed by atoms with E-state index in [0.717, 1.165) is 0 Å². The molecule has 7 heteroatoms. The minimum Gasteiger partial charge on any atom is -0.383 e. The molecule has 1 saturated heterocycles. The minimum atomic E-state index is -2.81. The van der Waals surface area contributed by atoms with Crippen LogP contribution in [0.15, 0.2) is 0 Å². The van der Waals surface area contributed by atoms with Crippen molar-refractivity contribution in [3.63, 3.8) is 0 Å². The van der Waals surface area contributed by atoms with Crippen molar-refractivity contribution in [1.29, 1.82) is 0 Å². The second-order valence-electron chi connectivity index (χ2n) is 4.47. The molecular formula is C11H22N2O4S. The number of methoxy groups -OCH3 is 1. The summed E-state index contributed by atoms with van der Waals surface area (Å²) < 4.78 is 27.3. The molecule has 0 spiro atoms. The van der Waals surface area contributed by atoms with Gasteiger partial charge >= 0.3 is 0 Å². The Morgan fingerprint density at radius 2 is 1.94 bits per heavy atom. The number of amides is 1. The molecule has 0 aromatic rings. The van der Waals surface area contributed by atoms with Crippen LogP contribution in [0.5, 0.6) is 0 Å². The van der Waals surface area contributed by atoms with Crippen LogP contribution < -0.4 is 10.6 Å². The van der Waals surface area contributed by atoms with Crippen LogP contribution in [0.4, 0.5) is 0 Å². The third kappa shape index (κ3) is 6.32. The Morgan fingerprint density at radius 3 is 2.56 bits per heavy atom. The zero-order valence-corrected chi connectivity index (χ0v) is 11.6. The van der Waals surface area contributed by atoms with Gasteiger partial charge in [0.05, 0.1) is 18.1 Å². The molecule has 2 N–H and O–H groups in total. The second kappa shape index (κ2) is 7.70. The van der Waals surface area contributed by atoms with E-state index in [-0.39, 0.29) is 23.5 Å². The lowest BCUT2D eigenvalue weighted by atomic mass is 10.1. The SMILES string of the molecule is COCCNC(=O)CCNC1CCS(=O)(=O)CC1. The predicted molar refractivity (Wildman–Crippen MR) is 69.2 cm³/mol. The van der Waals surface area contributed by atoms with Crippen LogP contribution in [-0.2, 0) is 19.4 Å². The van der Waals surface area contributed by atoms with Gasteiger partial charge in [0.25, 0.3) is 0 Å². The quantitative estimate of drug-likeness (QED) is 0.602. The summed E-state index contributed by atoms with van der Waals surface area (Å²) in [6.07, 6.45) is 1.70. The summed E-state index contributed by atoms with van der Waals surface area (Å²) in [5, 5.41) is 5.96. The number of nitrogens with one attached hydrogen (secondary N) is 2. The van der Waals surface area contributed by atoms with Crippen LogP contribution >= 0.6 is 0 Å². The highest BCUT2D eigenvalue weighted by Crippen LogP contribution is 2.11. The zero-order chi connectivity index (χ0) is 13.4. The summed E-state index contributed by atoms with van der Waals surface area (Å²) in [4.78, 5) is 11.4. The van der Waals surface area contributed by atoms with Gasteiger partial charge in [0.15, 0.2) is 0 Å². The maximum absolute atomic E-state index is 11.4. The van der Waals surface area contributed by atoms with Gasteiger partial charge in [-0.15, -0.1) is 0 Å². The Hall–Kier alpha value is -0.660. The molecule has 0 aliphatic carbocycles. The average Bonchev–Trinajstić information content (AvgIpc) is 2.32. The Kier molecular flexibility index (Phi) is 6.59. The van der Waals surface area contributed by atoms with E-state index in [4.69, 9.17) is 4.74 Å². The summed E-state index contributed by atoms with van der Waals surface area (Å²) in [5.41, 5.74) is 0. The molecular weight excluding hydrogens is 256 g/mol. The number of rotatable bonds is 7. The number of carbonyl (C=O) groups excluding carboxylic acids is 1. The minimum absolute atomic E-state index is 0.0111. The normalized spacial score (nSPS) is 19.6. The number of sulfone groups is 1. The Bertz CT molecular complexity index is 342. The molecule has 0 bridgehead atoms. The number of hydrogen-bond donors (Lipinski definition) is 2. The molecule has 0 atom stereocenters. The van der Waals surface area contributed by atoms with Gasteiger partial charge in [-0.2, -0.15) is 0 Å². The molecule has 0 aromatic heterocycles. The zero-order valence-electron chi connectivity index (χ0n) is 10.8. The fourth-order valence-corrected chi connectivity index (χ4v) is 3.36. The number of ether oxygens (including phenoxy) is 1. The molecule has 1 aliphatic rings. The van der Waals surface area contributed by atoms with E-state index in [1.807, 2.05) is 0 Å². The highest BCUT2D eigenvalue weighted by atomic mass is 32.2. The van der Waals surface area contributed by atoms with Crippen LogP contribution in [0.25, 0.3) is 0 Å². The summed E-state index contributed by atoms with van der Waals surface area (Å²) in [6.45, 7) is 1.63. The molecule has 1 amide bonds. The van der Waals surface area contributed by atoms with Crippen LogP contribution in [-0.4, -0.2) is 58.7 Å². The molecule has 0 saturated carbocycles. The Balaban J connectivity index is 2.06. The van der Waals surface area contributed by atoms with E-state index >= 15 is 0 Å². The van der Waals surface area contributed by atoms with Crippen LogP contribution in [0.2, 0.25) is 0 Å². The van der Waals surface area contributed by atoms with Crippen molar-refractivity contribution in [2.45, 2.75) is 25.3 Å². The monoisotopic (exact) mass is 278 g/mol. The van der Waals surface area contributed by atoms with Gasteiger partial charge in [0, 0.05) is 32.7 Å². The number of carbonyl (C=O) groups is 1. The molecule has 1 aliphatic heterocycles. The first-order valence-corrected chi connectivity index (χ1v) is 8.05. The van der Waals surface area contributed by atoms with E-state index in [9.17, 15) is 13.2 Å². The van der Waals surface area contributed by atoms with Crippen molar-refractivity contribution in [2.75, 3.05) is 38.3 Å².